The fourth-order valence-electron chi connectivity index (χ4n) is 1.78. The van der Waals surface area contributed by atoms with E-state index in [4.69, 9.17) is 33.7 Å². The van der Waals surface area contributed by atoms with Crippen LogP contribution < -0.4 is 10.5 Å². The van der Waals surface area contributed by atoms with Crippen LogP contribution in [0.15, 0.2) is 30.3 Å². The van der Waals surface area contributed by atoms with Crippen molar-refractivity contribution in [3.63, 3.8) is 0 Å². The van der Waals surface area contributed by atoms with Crippen LogP contribution in [0.3, 0.4) is 0 Å². The van der Waals surface area contributed by atoms with E-state index in [1.807, 2.05) is 24.3 Å². The van der Waals surface area contributed by atoms with Gasteiger partial charge >= 0.3 is 0 Å². The lowest BCUT2D eigenvalue weighted by atomic mass is 10.0. The quantitative estimate of drug-likeness (QED) is 0.913. The summed E-state index contributed by atoms with van der Waals surface area (Å²) in [5.41, 5.74) is 7.12. The maximum absolute atomic E-state index is 6.21. The SMILES string of the molecule is COc1ccc(Cl)cc1C(N)Cc1ccc(Cl)s1. The highest BCUT2D eigenvalue weighted by Gasteiger charge is 2.14. The summed E-state index contributed by atoms with van der Waals surface area (Å²) >= 11 is 13.4. The number of rotatable bonds is 4. The van der Waals surface area contributed by atoms with Gasteiger partial charge in [-0.2, -0.15) is 0 Å². The molecule has 1 unspecified atom stereocenters. The van der Waals surface area contributed by atoms with Crippen LogP contribution in [0.2, 0.25) is 9.36 Å². The van der Waals surface area contributed by atoms with Crippen molar-refractivity contribution in [1.82, 2.24) is 0 Å². The van der Waals surface area contributed by atoms with Crippen LogP contribution in [-0.4, -0.2) is 7.11 Å². The molecule has 1 aromatic heterocycles. The standard InChI is InChI=1S/C13H13Cl2NOS/c1-17-12-4-2-8(14)6-10(12)11(16)7-9-3-5-13(15)18-9/h2-6,11H,7,16H2,1H3. The number of nitrogens with two attached hydrogens (primary N) is 1. The minimum absolute atomic E-state index is 0.159. The third-order valence-corrected chi connectivity index (χ3v) is 4.13. The summed E-state index contributed by atoms with van der Waals surface area (Å²) in [5, 5.41) is 0.658. The molecule has 0 aliphatic rings. The number of halogens is 2. The molecular formula is C13H13Cl2NOS. The lowest BCUT2D eigenvalue weighted by Crippen LogP contribution is -2.13. The first kappa shape index (κ1) is 13.7. The zero-order chi connectivity index (χ0) is 13.1. The minimum atomic E-state index is -0.159. The topological polar surface area (TPSA) is 35.2 Å². The molecule has 0 saturated heterocycles. The number of hydrogen-bond donors (Lipinski definition) is 1. The molecule has 1 atom stereocenters. The van der Waals surface area contributed by atoms with Crippen molar-refractivity contribution in [2.75, 3.05) is 7.11 Å². The lowest BCUT2D eigenvalue weighted by Gasteiger charge is -2.15. The Hall–Kier alpha value is -0.740. The van der Waals surface area contributed by atoms with Crippen LogP contribution in [0.4, 0.5) is 0 Å². The molecule has 2 aromatic rings. The Kier molecular flexibility index (Phi) is 4.51. The van der Waals surface area contributed by atoms with Crippen LogP contribution in [0.1, 0.15) is 16.5 Å². The molecule has 2 nitrogen and oxygen atoms in total. The van der Waals surface area contributed by atoms with E-state index in [0.29, 0.717) is 11.4 Å². The zero-order valence-electron chi connectivity index (χ0n) is 9.82. The summed E-state index contributed by atoms with van der Waals surface area (Å²) in [6, 6.07) is 9.18. The van der Waals surface area contributed by atoms with Crippen molar-refractivity contribution in [1.29, 1.82) is 0 Å². The molecule has 2 rings (SSSR count). The van der Waals surface area contributed by atoms with Gasteiger partial charge in [0.2, 0.25) is 0 Å². The molecule has 1 heterocycles. The number of hydrogen-bond acceptors (Lipinski definition) is 3. The van der Waals surface area contributed by atoms with E-state index < -0.39 is 0 Å². The lowest BCUT2D eigenvalue weighted by molar-refractivity contribution is 0.405. The average Bonchev–Trinajstić information content (AvgIpc) is 2.74. The molecule has 0 radical (unpaired) electrons. The van der Waals surface area contributed by atoms with Gasteiger partial charge in [-0.05, 0) is 30.3 Å². The Labute approximate surface area is 120 Å². The highest BCUT2D eigenvalue weighted by molar-refractivity contribution is 7.16. The van der Waals surface area contributed by atoms with E-state index in [-0.39, 0.29) is 6.04 Å². The molecule has 0 aliphatic heterocycles. The number of ether oxygens (including phenoxy) is 1. The van der Waals surface area contributed by atoms with Crippen LogP contribution in [-0.2, 0) is 6.42 Å². The van der Waals surface area contributed by atoms with Crippen molar-refractivity contribution in [3.05, 3.63) is 50.1 Å². The first-order chi connectivity index (χ1) is 8.60. The summed E-state index contributed by atoms with van der Waals surface area (Å²) in [5.74, 6) is 0.759. The van der Waals surface area contributed by atoms with Crippen LogP contribution in [0.5, 0.6) is 5.75 Å². The second kappa shape index (κ2) is 5.93. The van der Waals surface area contributed by atoms with Gasteiger partial charge in [0.15, 0.2) is 0 Å². The fraction of sp³-hybridized carbons (Fsp3) is 0.231. The second-order valence-corrected chi connectivity index (χ2v) is 6.14. The van der Waals surface area contributed by atoms with Gasteiger partial charge in [0.25, 0.3) is 0 Å². The number of methoxy groups -OCH3 is 1. The molecule has 5 heteroatoms. The van der Waals surface area contributed by atoms with Crippen molar-refractivity contribution in [2.24, 2.45) is 5.73 Å². The summed E-state index contributed by atoms with van der Waals surface area (Å²) < 4.78 is 6.08. The van der Waals surface area contributed by atoms with Crippen molar-refractivity contribution >= 4 is 34.5 Å². The van der Waals surface area contributed by atoms with Gasteiger partial charge in [0.05, 0.1) is 11.4 Å². The van der Waals surface area contributed by atoms with Crippen molar-refractivity contribution in [2.45, 2.75) is 12.5 Å². The van der Waals surface area contributed by atoms with Crippen molar-refractivity contribution in [3.8, 4) is 5.75 Å². The molecule has 0 amide bonds. The Morgan fingerprint density at radius 1 is 1.28 bits per heavy atom. The summed E-state index contributed by atoms with van der Waals surface area (Å²) in [4.78, 5) is 1.15. The maximum atomic E-state index is 6.21. The van der Waals surface area contributed by atoms with Gasteiger partial charge in [0.1, 0.15) is 5.75 Å². The summed E-state index contributed by atoms with van der Waals surface area (Å²) in [6.45, 7) is 0. The smallest absolute Gasteiger partial charge is 0.123 e. The number of thiophene rings is 1. The largest absolute Gasteiger partial charge is 0.496 e. The van der Waals surface area contributed by atoms with E-state index in [0.717, 1.165) is 20.5 Å². The van der Waals surface area contributed by atoms with E-state index in [9.17, 15) is 0 Å². The van der Waals surface area contributed by atoms with Crippen LogP contribution >= 0.6 is 34.5 Å². The summed E-state index contributed by atoms with van der Waals surface area (Å²) in [6.07, 6.45) is 0.716. The molecular weight excluding hydrogens is 289 g/mol. The minimum Gasteiger partial charge on any atom is -0.496 e. The van der Waals surface area contributed by atoms with E-state index in [2.05, 4.69) is 0 Å². The van der Waals surface area contributed by atoms with Gasteiger partial charge in [-0.15, -0.1) is 11.3 Å². The molecule has 0 aliphatic carbocycles. The molecule has 0 spiro atoms. The van der Waals surface area contributed by atoms with E-state index in [1.165, 1.54) is 0 Å². The monoisotopic (exact) mass is 301 g/mol. The van der Waals surface area contributed by atoms with E-state index in [1.54, 1.807) is 24.5 Å². The molecule has 0 bridgehead atoms. The third-order valence-electron chi connectivity index (χ3n) is 2.64. The van der Waals surface area contributed by atoms with Gasteiger partial charge in [-0.1, -0.05) is 23.2 Å². The third kappa shape index (κ3) is 3.18. The predicted molar refractivity (Wildman–Crippen MR) is 78.0 cm³/mol. The molecule has 0 saturated carbocycles. The highest BCUT2D eigenvalue weighted by Crippen LogP contribution is 2.31. The Morgan fingerprint density at radius 3 is 2.67 bits per heavy atom. The second-order valence-electron chi connectivity index (χ2n) is 3.90. The normalized spacial score (nSPS) is 12.4. The first-order valence-corrected chi connectivity index (χ1v) is 7.00. The first-order valence-electron chi connectivity index (χ1n) is 5.43. The van der Waals surface area contributed by atoms with Gasteiger partial charge in [-0.3, -0.25) is 0 Å². The molecule has 0 fully saturated rings. The average molecular weight is 302 g/mol. The fourth-order valence-corrected chi connectivity index (χ4v) is 3.11. The Bertz CT molecular complexity index is 542. The van der Waals surface area contributed by atoms with Gasteiger partial charge < -0.3 is 10.5 Å². The van der Waals surface area contributed by atoms with Crippen molar-refractivity contribution < 1.29 is 4.74 Å². The Morgan fingerprint density at radius 2 is 2.06 bits per heavy atom. The van der Waals surface area contributed by atoms with E-state index >= 15 is 0 Å². The van der Waals surface area contributed by atoms with Gasteiger partial charge in [-0.25, -0.2) is 0 Å². The molecule has 96 valence electrons. The number of benzene rings is 1. The summed E-state index contributed by atoms with van der Waals surface area (Å²) in [7, 11) is 1.63. The zero-order valence-corrected chi connectivity index (χ0v) is 12.1. The Balaban J connectivity index is 2.22. The predicted octanol–water partition coefficient (Wildman–Crippen LogP) is 4.31. The van der Waals surface area contributed by atoms with Crippen LogP contribution in [0, 0.1) is 0 Å². The van der Waals surface area contributed by atoms with Gasteiger partial charge in [0, 0.05) is 27.9 Å². The highest BCUT2D eigenvalue weighted by atomic mass is 35.5. The molecule has 1 aromatic carbocycles. The maximum Gasteiger partial charge on any atom is 0.123 e. The van der Waals surface area contributed by atoms with Crippen LogP contribution in [0.25, 0.3) is 0 Å². The molecule has 2 N–H and O–H groups in total. The molecule has 18 heavy (non-hydrogen) atoms.